The molecule has 0 aliphatic rings. The summed E-state index contributed by atoms with van der Waals surface area (Å²) < 4.78 is 15.3. The third-order valence-corrected chi connectivity index (χ3v) is 1.68. The first-order valence-electron chi connectivity index (χ1n) is 5.27. The van der Waals surface area contributed by atoms with Crippen LogP contribution in [0, 0.1) is 0 Å². The van der Waals surface area contributed by atoms with E-state index in [1.807, 2.05) is 0 Å². The standard InChI is InChI=1S/C9H20N4O3/c1-14-5-2-11-3-6-15-8-9-16-7-4-12-13-10/h11H,2-9H2,1H3. The molecule has 94 valence electrons. The molecular formula is C9H20N4O3. The second-order valence-electron chi connectivity index (χ2n) is 2.92. The molecule has 0 saturated heterocycles. The van der Waals surface area contributed by atoms with Gasteiger partial charge in [-0.2, -0.15) is 0 Å². The van der Waals surface area contributed by atoms with Gasteiger partial charge in [0.2, 0.25) is 0 Å². The molecule has 7 nitrogen and oxygen atoms in total. The smallest absolute Gasteiger partial charge is 0.0701 e. The number of rotatable bonds is 12. The van der Waals surface area contributed by atoms with E-state index in [-0.39, 0.29) is 0 Å². The van der Waals surface area contributed by atoms with Gasteiger partial charge in [0.1, 0.15) is 0 Å². The third kappa shape index (κ3) is 13.2. The van der Waals surface area contributed by atoms with Crippen LogP contribution in [0.3, 0.4) is 0 Å². The topological polar surface area (TPSA) is 88.5 Å². The van der Waals surface area contributed by atoms with Crippen LogP contribution in [0.15, 0.2) is 5.11 Å². The van der Waals surface area contributed by atoms with Crippen LogP contribution in [0.4, 0.5) is 0 Å². The van der Waals surface area contributed by atoms with Crippen molar-refractivity contribution in [2.24, 2.45) is 5.11 Å². The number of nitrogens with one attached hydrogen (secondary N) is 1. The highest BCUT2D eigenvalue weighted by Gasteiger charge is 1.90. The van der Waals surface area contributed by atoms with Gasteiger partial charge in [-0.25, -0.2) is 0 Å². The number of azide groups is 1. The van der Waals surface area contributed by atoms with Gasteiger partial charge in [0.15, 0.2) is 0 Å². The minimum absolute atomic E-state index is 0.370. The molecule has 0 saturated carbocycles. The Bertz CT molecular complexity index is 186. The van der Waals surface area contributed by atoms with Gasteiger partial charge in [-0.1, -0.05) is 5.11 Å². The lowest BCUT2D eigenvalue weighted by molar-refractivity contribution is 0.0514. The summed E-state index contributed by atoms with van der Waals surface area (Å²) in [5, 5.41) is 6.50. The zero-order valence-corrected chi connectivity index (χ0v) is 9.72. The number of ether oxygens (including phenoxy) is 3. The molecule has 0 fully saturated rings. The zero-order chi connectivity index (χ0) is 11.9. The lowest BCUT2D eigenvalue weighted by Crippen LogP contribution is -2.24. The average Bonchev–Trinajstić information content (AvgIpc) is 2.31. The van der Waals surface area contributed by atoms with Gasteiger partial charge in [-0.3, -0.25) is 0 Å². The number of nitrogens with zero attached hydrogens (tertiary/aromatic N) is 3. The molecule has 0 rings (SSSR count). The first-order valence-corrected chi connectivity index (χ1v) is 5.27. The third-order valence-electron chi connectivity index (χ3n) is 1.68. The fourth-order valence-corrected chi connectivity index (χ4v) is 0.916. The summed E-state index contributed by atoms with van der Waals surface area (Å²) in [6.45, 7) is 4.91. The van der Waals surface area contributed by atoms with Crippen LogP contribution in [0.1, 0.15) is 0 Å². The molecule has 7 heteroatoms. The van der Waals surface area contributed by atoms with Gasteiger partial charge >= 0.3 is 0 Å². The Morgan fingerprint density at radius 2 is 1.75 bits per heavy atom. The van der Waals surface area contributed by atoms with Crippen LogP contribution in [0.5, 0.6) is 0 Å². The Labute approximate surface area is 95.7 Å². The molecule has 0 spiro atoms. The van der Waals surface area contributed by atoms with E-state index in [1.165, 1.54) is 0 Å². The fourth-order valence-electron chi connectivity index (χ4n) is 0.916. The molecule has 1 N–H and O–H groups in total. The van der Waals surface area contributed by atoms with Crippen molar-refractivity contribution in [1.82, 2.24) is 5.32 Å². The van der Waals surface area contributed by atoms with Crippen LogP contribution in [0.25, 0.3) is 10.4 Å². The predicted molar refractivity (Wildman–Crippen MR) is 60.4 cm³/mol. The Morgan fingerprint density at radius 1 is 1.06 bits per heavy atom. The molecule has 0 unspecified atom stereocenters. The highest BCUT2D eigenvalue weighted by molar-refractivity contribution is 4.45. The van der Waals surface area contributed by atoms with Crippen LogP contribution in [0.2, 0.25) is 0 Å². The van der Waals surface area contributed by atoms with Crippen LogP contribution in [-0.2, 0) is 14.2 Å². The lowest BCUT2D eigenvalue weighted by Gasteiger charge is -2.06. The van der Waals surface area contributed by atoms with Gasteiger partial charge in [-0.15, -0.1) is 0 Å². The Morgan fingerprint density at radius 3 is 2.44 bits per heavy atom. The van der Waals surface area contributed by atoms with E-state index in [9.17, 15) is 0 Å². The van der Waals surface area contributed by atoms with E-state index in [2.05, 4.69) is 15.3 Å². The Hall–Kier alpha value is -0.850. The maximum absolute atomic E-state index is 7.99. The maximum Gasteiger partial charge on any atom is 0.0701 e. The van der Waals surface area contributed by atoms with Crippen LogP contribution < -0.4 is 5.32 Å². The van der Waals surface area contributed by atoms with Crippen molar-refractivity contribution < 1.29 is 14.2 Å². The van der Waals surface area contributed by atoms with Crippen LogP contribution >= 0.6 is 0 Å². The van der Waals surface area contributed by atoms with Gasteiger partial charge in [-0.05, 0) is 5.53 Å². The van der Waals surface area contributed by atoms with Gasteiger partial charge in [0.05, 0.1) is 33.0 Å². The van der Waals surface area contributed by atoms with Gasteiger partial charge in [0.25, 0.3) is 0 Å². The molecule has 16 heavy (non-hydrogen) atoms. The summed E-state index contributed by atoms with van der Waals surface area (Å²) >= 11 is 0. The predicted octanol–water partition coefficient (Wildman–Crippen LogP) is 0.566. The Kier molecular flexibility index (Phi) is 13.4. The van der Waals surface area contributed by atoms with Crippen molar-refractivity contribution in [2.45, 2.75) is 0 Å². The molecule has 0 aromatic carbocycles. The van der Waals surface area contributed by atoms with E-state index in [4.69, 9.17) is 19.7 Å². The fraction of sp³-hybridized carbons (Fsp3) is 1.00. The van der Waals surface area contributed by atoms with Gasteiger partial charge < -0.3 is 19.5 Å². The van der Waals surface area contributed by atoms with Crippen molar-refractivity contribution in [3.63, 3.8) is 0 Å². The molecule has 0 aromatic rings. The summed E-state index contributed by atoms with van der Waals surface area (Å²) in [6.07, 6.45) is 0. The molecule has 0 aliphatic carbocycles. The maximum atomic E-state index is 7.99. The van der Waals surface area contributed by atoms with Crippen LogP contribution in [-0.4, -0.2) is 59.8 Å². The first-order chi connectivity index (χ1) is 7.91. The highest BCUT2D eigenvalue weighted by atomic mass is 16.5. The second kappa shape index (κ2) is 14.2. The van der Waals surface area contributed by atoms with Crippen molar-refractivity contribution in [3.05, 3.63) is 10.4 Å². The van der Waals surface area contributed by atoms with Crippen molar-refractivity contribution in [3.8, 4) is 0 Å². The molecule has 0 radical (unpaired) electrons. The van der Waals surface area contributed by atoms with E-state index in [1.54, 1.807) is 7.11 Å². The highest BCUT2D eigenvalue weighted by Crippen LogP contribution is 1.80. The molecule has 0 heterocycles. The largest absolute Gasteiger partial charge is 0.383 e. The van der Waals surface area contributed by atoms with Crippen molar-refractivity contribution >= 4 is 0 Å². The number of hydrogen-bond donors (Lipinski definition) is 1. The molecule has 0 bridgehead atoms. The summed E-state index contributed by atoms with van der Waals surface area (Å²) in [7, 11) is 1.67. The van der Waals surface area contributed by atoms with Crippen molar-refractivity contribution in [2.75, 3.05) is 59.8 Å². The number of hydrogen-bond acceptors (Lipinski definition) is 5. The molecule has 0 amide bonds. The van der Waals surface area contributed by atoms with Gasteiger partial charge in [0, 0.05) is 31.7 Å². The normalized spacial score (nSPS) is 10.1. The molecular weight excluding hydrogens is 212 g/mol. The minimum Gasteiger partial charge on any atom is -0.383 e. The number of methoxy groups -OCH3 is 1. The summed E-state index contributed by atoms with van der Waals surface area (Å²) in [4.78, 5) is 2.61. The summed E-state index contributed by atoms with van der Waals surface area (Å²) in [5.41, 5.74) is 7.99. The molecule has 0 atom stereocenters. The minimum atomic E-state index is 0.370. The average molecular weight is 232 g/mol. The van der Waals surface area contributed by atoms with Crippen molar-refractivity contribution in [1.29, 1.82) is 0 Å². The summed E-state index contributed by atoms with van der Waals surface area (Å²) in [6, 6.07) is 0. The zero-order valence-electron chi connectivity index (χ0n) is 9.72. The lowest BCUT2D eigenvalue weighted by atomic mass is 10.6. The van der Waals surface area contributed by atoms with E-state index >= 15 is 0 Å². The quantitative estimate of drug-likeness (QED) is 0.230. The summed E-state index contributed by atoms with van der Waals surface area (Å²) in [5.74, 6) is 0. The Balaban J connectivity index is 2.90. The van der Waals surface area contributed by atoms with E-state index in [0.29, 0.717) is 39.6 Å². The SMILES string of the molecule is COCCNCCOCCOCCN=[N+]=[N-]. The molecule has 0 aliphatic heterocycles. The first kappa shape index (κ1) is 15.2. The molecule has 0 aromatic heterocycles. The van der Waals surface area contributed by atoms with E-state index < -0.39 is 0 Å². The van der Waals surface area contributed by atoms with E-state index in [0.717, 1.165) is 13.1 Å². The second-order valence-corrected chi connectivity index (χ2v) is 2.92. The monoisotopic (exact) mass is 232 g/mol.